The monoisotopic (exact) mass is 194 g/mol. The van der Waals surface area contributed by atoms with E-state index in [1.165, 1.54) is 25.7 Å². The molecule has 0 spiro atoms. The van der Waals surface area contributed by atoms with Crippen LogP contribution in [-0.4, -0.2) is 11.5 Å². The van der Waals surface area contributed by atoms with Crippen molar-refractivity contribution in [2.24, 2.45) is 22.4 Å². The molecule has 0 aromatic rings. The Morgan fingerprint density at radius 2 is 2.07 bits per heavy atom. The Morgan fingerprint density at radius 1 is 1.43 bits per heavy atom. The minimum atomic E-state index is -0.233. The fourth-order valence-corrected chi connectivity index (χ4v) is 2.34. The van der Waals surface area contributed by atoms with Gasteiger partial charge in [0.25, 0.3) is 0 Å². The summed E-state index contributed by atoms with van der Waals surface area (Å²) in [7, 11) is 0. The second kappa shape index (κ2) is 3.19. The van der Waals surface area contributed by atoms with Crippen LogP contribution in [0.15, 0.2) is 16.9 Å². The minimum absolute atomic E-state index is 0.233. The van der Waals surface area contributed by atoms with Crippen molar-refractivity contribution in [1.82, 2.24) is 5.32 Å². The van der Waals surface area contributed by atoms with Crippen molar-refractivity contribution in [1.29, 1.82) is 0 Å². The molecule has 4 nitrogen and oxygen atoms in total. The number of hydrogen-bond donors (Lipinski definition) is 3. The molecule has 0 aromatic carbocycles. The van der Waals surface area contributed by atoms with Gasteiger partial charge in [-0.05, 0) is 19.8 Å². The number of nitrogens with one attached hydrogen (secondary N) is 1. The normalized spacial score (nSPS) is 33.5. The number of hydrogen-bond acceptors (Lipinski definition) is 4. The van der Waals surface area contributed by atoms with E-state index in [1.54, 1.807) is 6.20 Å². The van der Waals surface area contributed by atoms with Crippen LogP contribution in [0.25, 0.3) is 0 Å². The zero-order chi connectivity index (χ0) is 10.2. The Hall–Kier alpha value is -1.19. The highest BCUT2D eigenvalue weighted by atomic mass is 15.2. The predicted octanol–water partition coefficient (Wildman–Crippen LogP) is 0.653. The van der Waals surface area contributed by atoms with Crippen molar-refractivity contribution >= 4 is 5.84 Å². The maximum Gasteiger partial charge on any atom is 0.145 e. The molecule has 0 aromatic heterocycles. The van der Waals surface area contributed by atoms with E-state index < -0.39 is 0 Å². The molecule has 4 heteroatoms. The van der Waals surface area contributed by atoms with Crippen LogP contribution in [0.2, 0.25) is 0 Å². The van der Waals surface area contributed by atoms with Gasteiger partial charge < -0.3 is 16.8 Å². The molecule has 1 atom stereocenters. The molecule has 0 radical (unpaired) electrons. The van der Waals surface area contributed by atoms with Gasteiger partial charge in [0.05, 0.1) is 5.70 Å². The van der Waals surface area contributed by atoms with Gasteiger partial charge in [-0.15, -0.1) is 0 Å². The SMILES string of the molecule is CC1(C2CCCC2)N=C(N)C(N)=CN1. The van der Waals surface area contributed by atoms with Gasteiger partial charge in [-0.25, -0.2) is 4.99 Å². The number of nitrogens with two attached hydrogens (primary N) is 2. The maximum absolute atomic E-state index is 5.74. The Morgan fingerprint density at radius 3 is 2.64 bits per heavy atom. The molecule has 2 rings (SSSR count). The van der Waals surface area contributed by atoms with Crippen molar-refractivity contribution in [2.45, 2.75) is 38.3 Å². The summed E-state index contributed by atoms with van der Waals surface area (Å²) in [5.41, 5.74) is 11.7. The van der Waals surface area contributed by atoms with Gasteiger partial charge >= 0.3 is 0 Å². The predicted molar refractivity (Wildman–Crippen MR) is 57.4 cm³/mol. The van der Waals surface area contributed by atoms with Crippen molar-refractivity contribution in [3.05, 3.63) is 11.9 Å². The lowest BCUT2D eigenvalue weighted by Crippen LogP contribution is -2.49. The first-order valence-corrected chi connectivity index (χ1v) is 5.21. The molecular weight excluding hydrogens is 176 g/mol. The van der Waals surface area contributed by atoms with Gasteiger partial charge in [-0.3, -0.25) is 0 Å². The first-order valence-electron chi connectivity index (χ1n) is 5.21. The van der Waals surface area contributed by atoms with Crippen molar-refractivity contribution in [3.8, 4) is 0 Å². The van der Waals surface area contributed by atoms with E-state index in [2.05, 4.69) is 17.2 Å². The molecule has 1 aliphatic carbocycles. The first kappa shape index (κ1) is 9.37. The van der Waals surface area contributed by atoms with E-state index in [4.69, 9.17) is 11.5 Å². The van der Waals surface area contributed by atoms with E-state index in [0.29, 0.717) is 17.5 Å². The number of amidine groups is 1. The fourth-order valence-electron chi connectivity index (χ4n) is 2.34. The first-order chi connectivity index (χ1) is 6.62. The summed E-state index contributed by atoms with van der Waals surface area (Å²) in [6, 6.07) is 0. The van der Waals surface area contributed by atoms with Gasteiger partial charge in [0, 0.05) is 12.1 Å². The summed E-state index contributed by atoms with van der Waals surface area (Å²) in [5.74, 6) is 1.06. The lowest BCUT2D eigenvalue weighted by Gasteiger charge is -2.35. The molecule has 1 unspecified atom stereocenters. The maximum atomic E-state index is 5.74. The molecular formula is C10H18N4. The van der Waals surface area contributed by atoms with Crippen molar-refractivity contribution in [2.75, 3.05) is 0 Å². The Balaban J connectivity index is 2.18. The van der Waals surface area contributed by atoms with E-state index in [0.717, 1.165) is 0 Å². The zero-order valence-corrected chi connectivity index (χ0v) is 8.59. The Labute approximate surface area is 84.4 Å². The van der Waals surface area contributed by atoms with Crippen LogP contribution >= 0.6 is 0 Å². The highest BCUT2D eigenvalue weighted by Gasteiger charge is 2.36. The summed E-state index contributed by atoms with van der Waals surface area (Å²) in [5, 5.41) is 3.26. The summed E-state index contributed by atoms with van der Waals surface area (Å²) >= 11 is 0. The topological polar surface area (TPSA) is 76.4 Å². The minimum Gasteiger partial charge on any atom is -0.395 e. The van der Waals surface area contributed by atoms with E-state index >= 15 is 0 Å². The lowest BCUT2D eigenvalue weighted by molar-refractivity contribution is 0.267. The molecule has 1 saturated carbocycles. The number of rotatable bonds is 1. The third-order valence-electron chi connectivity index (χ3n) is 3.32. The van der Waals surface area contributed by atoms with Gasteiger partial charge in [0.15, 0.2) is 0 Å². The highest BCUT2D eigenvalue weighted by molar-refractivity contribution is 5.96. The van der Waals surface area contributed by atoms with Crippen LogP contribution in [0, 0.1) is 5.92 Å². The fraction of sp³-hybridized carbons (Fsp3) is 0.700. The van der Waals surface area contributed by atoms with Crippen LogP contribution < -0.4 is 16.8 Å². The third kappa shape index (κ3) is 1.45. The van der Waals surface area contributed by atoms with Crippen LogP contribution in [0.4, 0.5) is 0 Å². The third-order valence-corrected chi connectivity index (χ3v) is 3.32. The lowest BCUT2D eigenvalue weighted by atomic mass is 9.92. The molecule has 1 aliphatic heterocycles. The molecule has 0 amide bonds. The molecule has 5 N–H and O–H groups in total. The summed E-state index contributed by atoms with van der Waals surface area (Å²) < 4.78 is 0. The van der Waals surface area contributed by atoms with Crippen molar-refractivity contribution < 1.29 is 0 Å². The van der Waals surface area contributed by atoms with Crippen LogP contribution in [0.5, 0.6) is 0 Å². The molecule has 1 fully saturated rings. The standard InChI is InChI=1S/C10H18N4/c1-10(7-4-2-3-5-7)13-6-8(11)9(12)14-10/h6-7,13H,2-5,11H2,1H3,(H2,12,14). The largest absolute Gasteiger partial charge is 0.395 e. The Bertz CT molecular complexity index is 288. The molecule has 0 bridgehead atoms. The average Bonchev–Trinajstić information content (AvgIpc) is 2.65. The van der Waals surface area contributed by atoms with E-state index in [9.17, 15) is 0 Å². The van der Waals surface area contributed by atoms with Crippen LogP contribution in [0.3, 0.4) is 0 Å². The van der Waals surface area contributed by atoms with Crippen LogP contribution in [0.1, 0.15) is 32.6 Å². The molecule has 1 heterocycles. The second-order valence-corrected chi connectivity index (χ2v) is 4.37. The Kier molecular flexibility index (Phi) is 2.13. The van der Waals surface area contributed by atoms with Gasteiger partial charge in [0.1, 0.15) is 11.5 Å². The molecule has 0 saturated heterocycles. The van der Waals surface area contributed by atoms with Gasteiger partial charge in [-0.2, -0.15) is 0 Å². The molecule has 2 aliphatic rings. The molecule has 14 heavy (non-hydrogen) atoms. The zero-order valence-electron chi connectivity index (χ0n) is 8.59. The molecule has 78 valence electrons. The van der Waals surface area contributed by atoms with Crippen molar-refractivity contribution in [3.63, 3.8) is 0 Å². The van der Waals surface area contributed by atoms with Gasteiger partial charge in [-0.1, -0.05) is 12.8 Å². The average molecular weight is 194 g/mol. The highest BCUT2D eigenvalue weighted by Crippen LogP contribution is 2.35. The number of aliphatic imine (C=N–C) groups is 1. The summed E-state index contributed by atoms with van der Waals surface area (Å²) in [4.78, 5) is 4.47. The summed E-state index contributed by atoms with van der Waals surface area (Å²) in [6.45, 7) is 2.10. The van der Waals surface area contributed by atoms with Crippen LogP contribution in [-0.2, 0) is 0 Å². The van der Waals surface area contributed by atoms with E-state index in [1.807, 2.05) is 0 Å². The number of nitrogens with zero attached hydrogens (tertiary/aromatic N) is 1. The second-order valence-electron chi connectivity index (χ2n) is 4.37. The smallest absolute Gasteiger partial charge is 0.145 e. The summed E-state index contributed by atoms with van der Waals surface area (Å²) in [6.07, 6.45) is 6.84. The van der Waals surface area contributed by atoms with E-state index in [-0.39, 0.29) is 5.66 Å². The quantitative estimate of drug-likeness (QED) is 0.573. The van der Waals surface area contributed by atoms with Gasteiger partial charge in [0.2, 0.25) is 0 Å².